The van der Waals surface area contributed by atoms with Crippen LogP contribution < -0.4 is 16.0 Å². The molecule has 2 unspecified atom stereocenters. The Bertz CT molecular complexity index is 1110. The van der Waals surface area contributed by atoms with Crippen LogP contribution in [0.1, 0.15) is 31.9 Å². The van der Waals surface area contributed by atoms with Gasteiger partial charge in [0.25, 0.3) is 0 Å². The lowest BCUT2D eigenvalue weighted by molar-refractivity contribution is -0.132. The maximum absolute atomic E-state index is 12.8. The summed E-state index contributed by atoms with van der Waals surface area (Å²) in [6, 6.07) is 22.0. The minimum atomic E-state index is -0.734. The molecule has 33 heavy (non-hydrogen) atoms. The van der Waals surface area contributed by atoms with Crippen LogP contribution in [0.15, 0.2) is 72.8 Å². The van der Waals surface area contributed by atoms with Crippen molar-refractivity contribution >= 4 is 28.5 Å². The lowest BCUT2D eigenvalue weighted by Crippen LogP contribution is -2.54. The van der Waals surface area contributed by atoms with Crippen molar-refractivity contribution in [3.8, 4) is 0 Å². The molecule has 3 rings (SSSR count). The van der Waals surface area contributed by atoms with Gasteiger partial charge in [-0.15, -0.1) is 0 Å². The highest BCUT2D eigenvalue weighted by atomic mass is 16.2. The fraction of sp³-hybridized carbons (Fsp3) is 0.296. The molecule has 3 N–H and O–H groups in total. The van der Waals surface area contributed by atoms with Crippen molar-refractivity contribution in [2.24, 2.45) is 5.92 Å². The highest BCUT2D eigenvalue weighted by Crippen LogP contribution is 2.16. The van der Waals surface area contributed by atoms with Crippen LogP contribution in [-0.2, 0) is 27.3 Å². The number of nitrogens with one attached hydrogen (secondary N) is 3. The third kappa shape index (κ3) is 6.91. The van der Waals surface area contributed by atoms with E-state index in [1.54, 1.807) is 6.92 Å². The molecule has 0 aliphatic carbocycles. The number of amides is 3. The molecule has 0 radical (unpaired) electrons. The summed E-state index contributed by atoms with van der Waals surface area (Å²) in [5.74, 6) is -1.03. The molecule has 0 heterocycles. The first kappa shape index (κ1) is 24.0. The predicted molar refractivity (Wildman–Crippen MR) is 130 cm³/mol. The summed E-state index contributed by atoms with van der Waals surface area (Å²) in [6.07, 6.45) is 0.175. The van der Waals surface area contributed by atoms with Crippen LogP contribution >= 0.6 is 0 Å². The molecular formula is C27H31N3O3. The highest BCUT2D eigenvalue weighted by molar-refractivity contribution is 5.92. The minimum absolute atomic E-state index is 0.134. The summed E-state index contributed by atoms with van der Waals surface area (Å²) >= 11 is 0. The molecular weight excluding hydrogens is 414 g/mol. The van der Waals surface area contributed by atoms with Crippen LogP contribution in [-0.4, -0.2) is 29.8 Å². The van der Waals surface area contributed by atoms with Gasteiger partial charge in [0.1, 0.15) is 12.1 Å². The van der Waals surface area contributed by atoms with E-state index >= 15 is 0 Å². The van der Waals surface area contributed by atoms with Crippen molar-refractivity contribution in [2.75, 3.05) is 0 Å². The Morgan fingerprint density at radius 2 is 1.39 bits per heavy atom. The Morgan fingerprint density at radius 1 is 0.727 bits per heavy atom. The second kappa shape index (κ2) is 11.3. The molecule has 3 aromatic rings. The molecule has 0 saturated carbocycles. The topological polar surface area (TPSA) is 87.3 Å². The summed E-state index contributed by atoms with van der Waals surface area (Å²) in [5, 5.41) is 10.6. The Kier molecular flexibility index (Phi) is 8.19. The van der Waals surface area contributed by atoms with Gasteiger partial charge in [0.2, 0.25) is 17.7 Å². The summed E-state index contributed by atoms with van der Waals surface area (Å²) in [5.41, 5.74) is 1.85. The standard InChI is InChI=1S/C27H31N3O3/c1-18(2)25(27(33)29-19(3)26(32)28-17-20-9-5-4-6-10-20)30-24(31)16-21-13-14-22-11-7-8-12-23(22)15-21/h4-15,18-19,25H,16-17H2,1-3H3,(H,28,32)(H,29,33)(H,30,31). The smallest absolute Gasteiger partial charge is 0.243 e. The van der Waals surface area contributed by atoms with Crippen LogP contribution in [0.3, 0.4) is 0 Å². The van der Waals surface area contributed by atoms with Gasteiger partial charge in [-0.25, -0.2) is 0 Å². The van der Waals surface area contributed by atoms with Crippen LogP contribution in [0.2, 0.25) is 0 Å². The molecule has 0 aliphatic heterocycles. The summed E-state index contributed by atoms with van der Waals surface area (Å²) < 4.78 is 0. The van der Waals surface area contributed by atoms with Gasteiger partial charge in [-0.2, -0.15) is 0 Å². The third-order valence-corrected chi connectivity index (χ3v) is 5.51. The van der Waals surface area contributed by atoms with Gasteiger partial charge in [0, 0.05) is 6.54 Å². The molecule has 0 aromatic heterocycles. The van der Waals surface area contributed by atoms with E-state index in [1.165, 1.54) is 0 Å². The summed E-state index contributed by atoms with van der Waals surface area (Å²) in [4.78, 5) is 37.9. The van der Waals surface area contributed by atoms with E-state index in [1.807, 2.05) is 86.6 Å². The number of rotatable bonds is 9. The SMILES string of the molecule is CC(NC(=O)C(NC(=O)Cc1ccc2ccccc2c1)C(C)C)C(=O)NCc1ccccc1. The first-order valence-electron chi connectivity index (χ1n) is 11.2. The van der Waals surface area contributed by atoms with E-state index in [2.05, 4.69) is 16.0 Å². The van der Waals surface area contributed by atoms with E-state index in [0.29, 0.717) is 6.54 Å². The Labute approximate surface area is 194 Å². The van der Waals surface area contributed by atoms with Crippen molar-refractivity contribution in [1.29, 1.82) is 0 Å². The zero-order valence-corrected chi connectivity index (χ0v) is 19.3. The van der Waals surface area contributed by atoms with Crippen LogP contribution in [0.4, 0.5) is 0 Å². The van der Waals surface area contributed by atoms with Gasteiger partial charge in [-0.3, -0.25) is 14.4 Å². The Hall–Kier alpha value is -3.67. The van der Waals surface area contributed by atoms with Crippen molar-refractivity contribution in [2.45, 2.75) is 45.8 Å². The lowest BCUT2D eigenvalue weighted by Gasteiger charge is -2.24. The third-order valence-electron chi connectivity index (χ3n) is 5.51. The van der Waals surface area contributed by atoms with Crippen LogP contribution in [0.25, 0.3) is 10.8 Å². The Balaban J connectivity index is 1.54. The second-order valence-corrected chi connectivity index (χ2v) is 8.58. The molecule has 0 fully saturated rings. The largest absolute Gasteiger partial charge is 0.350 e. The van der Waals surface area contributed by atoms with Crippen molar-refractivity contribution in [1.82, 2.24) is 16.0 Å². The Morgan fingerprint density at radius 3 is 2.09 bits per heavy atom. The van der Waals surface area contributed by atoms with E-state index in [4.69, 9.17) is 0 Å². The maximum atomic E-state index is 12.8. The number of carbonyl (C=O) groups is 3. The van der Waals surface area contributed by atoms with E-state index < -0.39 is 12.1 Å². The average Bonchev–Trinajstić information content (AvgIpc) is 2.81. The first-order valence-corrected chi connectivity index (χ1v) is 11.2. The number of hydrogen-bond acceptors (Lipinski definition) is 3. The monoisotopic (exact) mass is 445 g/mol. The van der Waals surface area contributed by atoms with Gasteiger partial charge in [0.05, 0.1) is 6.42 Å². The normalized spacial score (nSPS) is 12.7. The number of benzene rings is 3. The molecule has 6 heteroatoms. The lowest BCUT2D eigenvalue weighted by atomic mass is 10.0. The molecule has 0 bridgehead atoms. The van der Waals surface area contributed by atoms with Crippen molar-refractivity contribution < 1.29 is 14.4 Å². The maximum Gasteiger partial charge on any atom is 0.243 e. The molecule has 2 atom stereocenters. The van der Waals surface area contributed by atoms with Crippen molar-refractivity contribution in [3.63, 3.8) is 0 Å². The number of hydrogen-bond donors (Lipinski definition) is 3. The molecule has 3 amide bonds. The van der Waals surface area contributed by atoms with Gasteiger partial charge in [-0.05, 0) is 34.7 Å². The molecule has 0 spiro atoms. The van der Waals surface area contributed by atoms with Crippen LogP contribution in [0.5, 0.6) is 0 Å². The zero-order chi connectivity index (χ0) is 23.8. The van der Waals surface area contributed by atoms with Gasteiger partial charge in [-0.1, -0.05) is 86.6 Å². The predicted octanol–water partition coefficient (Wildman–Crippen LogP) is 3.34. The minimum Gasteiger partial charge on any atom is -0.350 e. The summed E-state index contributed by atoms with van der Waals surface area (Å²) in [6.45, 7) is 5.74. The van der Waals surface area contributed by atoms with Crippen molar-refractivity contribution in [3.05, 3.63) is 83.9 Å². The average molecular weight is 446 g/mol. The quantitative estimate of drug-likeness (QED) is 0.472. The van der Waals surface area contributed by atoms with Crippen LogP contribution in [0, 0.1) is 5.92 Å². The van der Waals surface area contributed by atoms with E-state index in [-0.39, 0.29) is 30.1 Å². The summed E-state index contributed by atoms with van der Waals surface area (Å²) in [7, 11) is 0. The fourth-order valence-electron chi connectivity index (χ4n) is 3.60. The number of fused-ring (bicyclic) bond motifs is 1. The van der Waals surface area contributed by atoms with Gasteiger partial charge < -0.3 is 16.0 Å². The second-order valence-electron chi connectivity index (χ2n) is 8.58. The molecule has 3 aromatic carbocycles. The first-order chi connectivity index (χ1) is 15.8. The molecule has 6 nitrogen and oxygen atoms in total. The van der Waals surface area contributed by atoms with Gasteiger partial charge >= 0.3 is 0 Å². The fourth-order valence-corrected chi connectivity index (χ4v) is 3.60. The van der Waals surface area contributed by atoms with E-state index in [9.17, 15) is 14.4 Å². The number of carbonyl (C=O) groups excluding carboxylic acids is 3. The van der Waals surface area contributed by atoms with E-state index in [0.717, 1.165) is 21.9 Å². The highest BCUT2D eigenvalue weighted by Gasteiger charge is 2.27. The van der Waals surface area contributed by atoms with Gasteiger partial charge in [0.15, 0.2) is 0 Å². The molecule has 0 saturated heterocycles. The molecule has 0 aliphatic rings. The molecule has 172 valence electrons. The zero-order valence-electron chi connectivity index (χ0n) is 19.3.